The largest absolute Gasteiger partial charge is 0.476 e. The normalized spacial score (nSPS) is 21.5. The van der Waals surface area contributed by atoms with Gasteiger partial charge >= 0.3 is 5.97 Å². The summed E-state index contributed by atoms with van der Waals surface area (Å²) in [5.74, 6) is -0.622. The molecule has 1 unspecified atom stereocenters. The van der Waals surface area contributed by atoms with Gasteiger partial charge in [0.2, 0.25) is 0 Å². The van der Waals surface area contributed by atoms with Crippen molar-refractivity contribution in [2.75, 3.05) is 13.2 Å². The second-order valence-corrected chi connectivity index (χ2v) is 3.71. The number of ether oxygens (including phenoxy) is 1. The van der Waals surface area contributed by atoms with Crippen molar-refractivity contribution >= 4 is 5.97 Å². The van der Waals surface area contributed by atoms with E-state index in [1.54, 1.807) is 4.68 Å². The molecular formula is C9H13N3O3. The summed E-state index contributed by atoms with van der Waals surface area (Å²) in [7, 11) is 0. The Kier molecular flexibility index (Phi) is 2.96. The smallest absolute Gasteiger partial charge is 0.358 e. The lowest BCUT2D eigenvalue weighted by molar-refractivity contribution is 0.0468. The lowest BCUT2D eigenvalue weighted by Crippen LogP contribution is -2.22. The Bertz CT molecular complexity index is 344. The number of aromatic carboxylic acids is 1. The van der Waals surface area contributed by atoms with E-state index in [9.17, 15) is 4.79 Å². The molecule has 6 nitrogen and oxygen atoms in total. The standard InChI is InChI=1S/C9H13N3O3/c13-9(14)8-5-12(11-10-8)4-7-2-1-3-15-6-7/h5,7H,1-4,6H2,(H,13,14). The third kappa shape index (κ3) is 2.53. The van der Waals surface area contributed by atoms with Gasteiger partial charge in [-0.1, -0.05) is 5.21 Å². The number of hydrogen-bond acceptors (Lipinski definition) is 4. The van der Waals surface area contributed by atoms with Crippen LogP contribution < -0.4 is 0 Å². The van der Waals surface area contributed by atoms with Crippen LogP contribution in [0.25, 0.3) is 0 Å². The van der Waals surface area contributed by atoms with E-state index in [1.165, 1.54) is 6.20 Å². The first-order chi connectivity index (χ1) is 7.25. The average molecular weight is 211 g/mol. The van der Waals surface area contributed by atoms with Gasteiger partial charge in [-0.2, -0.15) is 0 Å². The Hall–Kier alpha value is -1.43. The fourth-order valence-electron chi connectivity index (χ4n) is 1.70. The van der Waals surface area contributed by atoms with Crippen LogP contribution in [0.2, 0.25) is 0 Å². The molecule has 0 aliphatic carbocycles. The molecule has 2 rings (SSSR count). The zero-order valence-corrected chi connectivity index (χ0v) is 8.30. The van der Waals surface area contributed by atoms with E-state index in [-0.39, 0.29) is 5.69 Å². The SMILES string of the molecule is O=C(O)c1cn(CC2CCCOC2)nn1. The van der Waals surface area contributed by atoms with Gasteiger partial charge < -0.3 is 9.84 Å². The predicted octanol–water partition coefficient (Wildman–Crippen LogP) is 0.403. The first-order valence-corrected chi connectivity index (χ1v) is 4.97. The Labute approximate surface area is 86.8 Å². The van der Waals surface area contributed by atoms with Crippen molar-refractivity contribution in [1.29, 1.82) is 0 Å². The minimum absolute atomic E-state index is 0.00766. The number of carbonyl (C=O) groups is 1. The van der Waals surface area contributed by atoms with E-state index in [1.807, 2.05) is 0 Å². The highest BCUT2D eigenvalue weighted by molar-refractivity contribution is 5.84. The van der Waals surface area contributed by atoms with E-state index in [4.69, 9.17) is 9.84 Å². The van der Waals surface area contributed by atoms with Crippen molar-refractivity contribution in [2.45, 2.75) is 19.4 Å². The van der Waals surface area contributed by atoms with Crippen molar-refractivity contribution < 1.29 is 14.6 Å². The third-order valence-corrected chi connectivity index (χ3v) is 2.46. The molecule has 0 saturated carbocycles. The lowest BCUT2D eigenvalue weighted by atomic mass is 10.0. The van der Waals surface area contributed by atoms with Gasteiger partial charge in [0.1, 0.15) is 0 Å². The second-order valence-electron chi connectivity index (χ2n) is 3.71. The summed E-state index contributed by atoms with van der Waals surface area (Å²) in [6, 6.07) is 0. The summed E-state index contributed by atoms with van der Waals surface area (Å²) in [5, 5.41) is 16.0. The van der Waals surface area contributed by atoms with Crippen molar-refractivity contribution in [2.24, 2.45) is 5.92 Å². The summed E-state index contributed by atoms with van der Waals surface area (Å²) >= 11 is 0. The molecule has 15 heavy (non-hydrogen) atoms. The van der Waals surface area contributed by atoms with Crippen LogP contribution in [-0.2, 0) is 11.3 Å². The maximum atomic E-state index is 10.6. The molecule has 82 valence electrons. The molecule has 0 amide bonds. The highest BCUT2D eigenvalue weighted by Gasteiger charge is 2.16. The Morgan fingerprint density at radius 2 is 2.60 bits per heavy atom. The van der Waals surface area contributed by atoms with Crippen LogP contribution in [0.4, 0.5) is 0 Å². The molecule has 1 aliphatic rings. The minimum Gasteiger partial charge on any atom is -0.476 e. The second kappa shape index (κ2) is 4.39. The fourth-order valence-corrected chi connectivity index (χ4v) is 1.70. The molecule has 0 aromatic carbocycles. The first kappa shape index (κ1) is 10.1. The van der Waals surface area contributed by atoms with Crippen molar-refractivity contribution in [3.8, 4) is 0 Å². The zero-order chi connectivity index (χ0) is 10.7. The van der Waals surface area contributed by atoms with E-state index in [0.717, 1.165) is 26.1 Å². The van der Waals surface area contributed by atoms with Crippen LogP contribution in [0, 0.1) is 5.92 Å². The topological polar surface area (TPSA) is 77.2 Å². The highest BCUT2D eigenvalue weighted by atomic mass is 16.5. The number of aromatic nitrogens is 3. The van der Waals surface area contributed by atoms with Gasteiger partial charge in [0.25, 0.3) is 0 Å². The molecule has 1 aromatic heterocycles. The molecule has 1 fully saturated rings. The fraction of sp³-hybridized carbons (Fsp3) is 0.667. The van der Waals surface area contributed by atoms with E-state index >= 15 is 0 Å². The van der Waals surface area contributed by atoms with Gasteiger partial charge in [-0.15, -0.1) is 5.10 Å². The van der Waals surface area contributed by atoms with Gasteiger partial charge in [-0.05, 0) is 12.8 Å². The zero-order valence-electron chi connectivity index (χ0n) is 8.30. The molecular weight excluding hydrogens is 198 g/mol. The monoisotopic (exact) mass is 211 g/mol. The van der Waals surface area contributed by atoms with Gasteiger partial charge in [-0.3, -0.25) is 4.68 Å². The summed E-state index contributed by atoms with van der Waals surface area (Å²) in [4.78, 5) is 10.6. The van der Waals surface area contributed by atoms with Crippen LogP contribution in [0.3, 0.4) is 0 Å². The Morgan fingerprint density at radius 1 is 1.73 bits per heavy atom. The minimum atomic E-state index is -1.04. The number of hydrogen-bond donors (Lipinski definition) is 1. The van der Waals surface area contributed by atoms with Crippen molar-refractivity contribution in [1.82, 2.24) is 15.0 Å². The third-order valence-electron chi connectivity index (χ3n) is 2.46. The molecule has 1 saturated heterocycles. The Balaban J connectivity index is 1.94. The summed E-state index contributed by atoms with van der Waals surface area (Å²) in [6.07, 6.45) is 3.62. The van der Waals surface area contributed by atoms with E-state index < -0.39 is 5.97 Å². The molecule has 0 radical (unpaired) electrons. The molecule has 1 aliphatic heterocycles. The summed E-state index contributed by atoms with van der Waals surface area (Å²) < 4.78 is 6.90. The first-order valence-electron chi connectivity index (χ1n) is 4.97. The maximum Gasteiger partial charge on any atom is 0.358 e. The molecule has 1 atom stereocenters. The van der Waals surface area contributed by atoms with Gasteiger partial charge in [0, 0.05) is 19.1 Å². The number of carboxylic acid groups (broad SMARTS) is 1. The Morgan fingerprint density at radius 3 is 3.20 bits per heavy atom. The highest BCUT2D eigenvalue weighted by Crippen LogP contribution is 2.15. The molecule has 1 aromatic rings. The number of carboxylic acids is 1. The van der Waals surface area contributed by atoms with Gasteiger partial charge in [-0.25, -0.2) is 4.79 Å². The molecule has 6 heteroatoms. The number of rotatable bonds is 3. The van der Waals surface area contributed by atoms with Crippen molar-refractivity contribution in [3.63, 3.8) is 0 Å². The van der Waals surface area contributed by atoms with Gasteiger partial charge in [0.05, 0.1) is 12.8 Å². The average Bonchev–Trinajstić information content (AvgIpc) is 2.68. The van der Waals surface area contributed by atoms with Crippen LogP contribution in [-0.4, -0.2) is 39.3 Å². The molecule has 0 bridgehead atoms. The lowest BCUT2D eigenvalue weighted by Gasteiger charge is -2.21. The molecule has 2 heterocycles. The van der Waals surface area contributed by atoms with E-state index in [0.29, 0.717) is 12.5 Å². The van der Waals surface area contributed by atoms with Crippen LogP contribution in [0.5, 0.6) is 0 Å². The summed E-state index contributed by atoms with van der Waals surface area (Å²) in [5.41, 5.74) is -0.00766. The van der Waals surface area contributed by atoms with E-state index in [2.05, 4.69) is 10.3 Å². The van der Waals surface area contributed by atoms with Gasteiger partial charge in [0.15, 0.2) is 5.69 Å². The van der Waals surface area contributed by atoms with Crippen LogP contribution in [0.1, 0.15) is 23.3 Å². The number of nitrogens with zero attached hydrogens (tertiary/aromatic N) is 3. The quantitative estimate of drug-likeness (QED) is 0.783. The maximum absolute atomic E-state index is 10.6. The molecule has 0 spiro atoms. The van der Waals surface area contributed by atoms with Crippen molar-refractivity contribution in [3.05, 3.63) is 11.9 Å². The molecule has 1 N–H and O–H groups in total. The van der Waals surface area contributed by atoms with Crippen LogP contribution >= 0.6 is 0 Å². The summed E-state index contributed by atoms with van der Waals surface area (Å²) in [6.45, 7) is 2.23. The van der Waals surface area contributed by atoms with Crippen LogP contribution in [0.15, 0.2) is 6.20 Å². The predicted molar refractivity (Wildman–Crippen MR) is 50.5 cm³/mol.